The number of imide groups is 1. The monoisotopic (exact) mass is 540 g/mol. The van der Waals surface area contributed by atoms with Crippen molar-refractivity contribution in [2.45, 2.75) is 29.7 Å². The van der Waals surface area contributed by atoms with Gasteiger partial charge in [-0.05, 0) is 36.8 Å². The number of fused-ring (bicyclic) bond motifs is 2. The van der Waals surface area contributed by atoms with Crippen molar-refractivity contribution in [2.75, 3.05) is 25.7 Å². The quantitative estimate of drug-likeness (QED) is 0.332. The van der Waals surface area contributed by atoms with Crippen molar-refractivity contribution in [3.8, 4) is 11.5 Å². The second-order valence-electron chi connectivity index (χ2n) is 8.43. The lowest BCUT2D eigenvalue weighted by atomic mass is 9.83. The highest BCUT2D eigenvalue weighted by molar-refractivity contribution is 8.00. The summed E-state index contributed by atoms with van der Waals surface area (Å²) in [5, 5.41) is -0.277. The number of carbonyl (C=O) groups is 3. The normalized spacial score (nSPS) is 20.4. The predicted molar refractivity (Wildman–Crippen MR) is 139 cm³/mol. The Hall–Kier alpha value is -3.57. The smallest absolute Gasteiger partial charge is 0.326 e. The summed E-state index contributed by atoms with van der Waals surface area (Å²) in [6.45, 7) is 1.61. The number of thioether (sulfide) groups is 1. The fourth-order valence-electron chi connectivity index (χ4n) is 4.83. The molecule has 3 heterocycles. The number of benzene rings is 2. The van der Waals surface area contributed by atoms with Crippen LogP contribution < -0.4 is 19.2 Å². The number of amides is 2. The molecule has 2 aliphatic rings. The number of anilines is 1. The lowest BCUT2D eigenvalue weighted by molar-refractivity contribution is -0.144. The zero-order valence-corrected chi connectivity index (χ0v) is 22.0. The van der Waals surface area contributed by atoms with Gasteiger partial charge in [-0.15, -0.1) is 0 Å². The minimum Gasteiger partial charge on any atom is -0.493 e. The van der Waals surface area contributed by atoms with Crippen LogP contribution in [0.5, 0.6) is 11.5 Å². The van der Waals surface area contributed by atoms with E-state index in [4.69, 9.17) is 14.2 Å². The second kappa shape index (κ2) is 10.1. The average Bonchev–Trinajstić information content (AvgIpc) is 3.35. The third-order valence-electron chi connectivity index (χ3n) is 6.42. The molecule has 9 nitrogen and oxygen atoms in total. The van der Waals surface area contributed by atoms with Gasteiger partial charge in [0.25, 0.3) is 0 Å². The van der Waals surface area contributed by atoms with E-state index in [0.717, 1.165) is 23.1 Å². The van der Waals surface area contributed by atoms with Gasteiger partial charge >= 0.3 is 10.8 Å². The molecule has 1 aromatic heterocycles. The van der Waals surface area contributed by atoms with Gasteiger partial charge in [0.15, 0.2) is 11.5 Å². The molecule has 0 unspecified atom stereocenters. The lowest BCUT2D eigenvalue weighted by Gasteiger charge is -2.31. The lowest BCUT2D eigenvalue weighted by Crippen LogP contribution is -2.32. The molecule has 2 aromatic carbocycles. The molecule has 0 N–H and O–H groups in total. The van der Waals surface area contributed by atoms with Crippen LogP contribution in [0.15, 0.2) is 58.4 Å². The first-order valence-corrected chi connectivity index (χ1v) is 13.3. The molecule has 5 rings (SSSR count). The third-order valence-corrected chi connectivity index (χ3v) is 9.03. The maximum atomic E-state index is 13.9. The SMILES string of the molecule is CCOC(=O)Cn1c2c(sc1=O)[C@@H](c1ccc(OC)c(OC)c1)[C@@H]1C(=O)N(c3ccccc3)C(=O)[C@@H]1S2. The summed E-state index contributed by atoms with van der Waals surface area (Å²) >= 11 is 2.14. The molecule has 1 saturated heterocycles. The third kappa shape index (κ3) is 4.21. The van der Waals surface area contributed by atoms with Gasteiger partial charge in [-0.2, -0.15) is 0 Å². The molecule has 2 aliphatic heterocycles. The van der Waals surface area contributed by atoms with E-state index >= 15 is 0 Å². The summed E-state index contributed by atoms with van der Waals surface area (Å²) in [6, 6.07) is 14.1. The first-order valence-electron chi connectivity index (χ1n) is 11.6. The molecule has 0 spiro atoms. The first kappa shape index (κ1) is 25.1. The topological polar surface area (TPSA) is 104 Å². The second-order valence-corrected chi connectivity index (χ2v) is 10.6. The molecule has 3 aromatic rings. The Morgan fingerprint density at radius 3 is 2.38 bits per heavy atom. The van der Waals surface area contributed by atoms with Crippen LogP contribution in [-0.4, -0.2) is 48.4 Å². The number of hydrogen-bond donors (Lipinski definition) is 0. The van der Waals surface area contributed by atoms with Crippen molar-refractivity contribution >= 4 is 46.6 Å². The van der Waals surface area contributed by atoms with Gasteiger partial charge in [-0.3, -0.25) is 23.7 Å². The van der Waals surface area contributed by atoms with Gasteiger partial charge in [0, 0.05) is 10.8 Å². The molecule has 2 amide bonds. The summed E-state index contributed by atoms with van der Waals surface area (Å²) in [7, 11) is 3.04. The maximum absolute atomic E-state index is 13.9. The molecule has 37 heavy (non-hydrogen) atoms. The Balaban J connectivity index is 1.67. The maximum Gasteiger partial charge on any atom is 0.326 e. The minimum absolute atomic E-state index is 0.186. The van der Waals surface area contributed by atoms with Gasteiger partial charge in [0.2, 0.25) is 11.8 Å². The van der Waals surface area contributed by atoms with Gasteiger partial charge in [0.05, 0.1) is 37.5 Å². The number of para-hydroxylation sites is 1. The van der Waals surface area contributed by atoms with Crippen molar-refractivity contribution in [1.82, 2.24) is 4.57 Å². The van der Waals surface area contributed by atoms with Crippen LogP contribution >= 0.6 is 23.1 Å². The molecule has 0 radical (unpaired) electrons. The van der Waals surface area contributed by atoms with Gasteiger partial charge in [-0.1, -0.05) is 47.4 Å². The van der Waals surface area contributed by atoms with Crippen LogP contribution in [0.3, 0.4) is 0 Å². The van der Waals surface area contributed by atoms with Crippen molar-refractivity contribution < 1.29 is 28.6 Å². The van der Waals surface area contributed by atoms with Crippen LogP contribution in [0.25, 0.3) is 0 Å². The zero-order chi connectivity index (χ0) is 26.3. The van der Waals surface area contributed by atoms with E-state index in [9.17, 15) is 19.2 Å². The molecular weight excluding hydrogens is 516 g/mol. The van der Waals surface area contributed by atoms with E-state index in [1.807, 2.05) is 12.1 Å². The van der Waals surface area contributed by atoms with Gasteiger partial charge in [0.1, 0.15) is 11.8 Å². The molecular formula is C26H24N2O7S2. The van der Waals surface area contributed by atoms with E-state index in [0.29, 0.717) is 32.7 Å². The average molecular weight is 541 g/mol. The van der Waals surface area contributed by atoms with E-state index < -0.39 is 23.1 Å². The summed E-state index contributed by atoms with van der Waals surface area (Å²) < 4.78 is 17.3. The number of aromatic nitrogens is 1. The molecule has 0 aliphatic carbocycles. The van der Waals surface area contributed by atoms with Gasteiger partial charge in [-0.25, -0.2) is 4.90 Å². The first-order chi connectivity index (χ1) is 17.9. The summed E-state index contributed by atoms with van der Waals surface area (Å²) in [4.78, 5) is 54.4. The Morgan fingerprint density at radius 2 is 1.70 bits per heavy atom. The van der Waals surface area contributed by atoms with E-state index in [-0.39, 0.29) is 29.8 Å². The number of rotatable bonds is 7. The Morgan fingerprint density at radius 1 is 0.973 bits per heavy atom. The van der Waals surface area contributed by atoms with Crippen LogP contribution in [0.2, 0.25) is 0 Å². The highest BCUT2D eigenvalue weighted by Gasteiger charge is 2.57. The number of hydrogen-bond acceptors (Lipinski definition) is 9. The Kier molecular flexibility index (Phi) is 6.82. The number of thiazole rings is 1. The molecule has 11 heteroatoms. The minimum atomic E-state index is -0.777. The number of methoxy groups -OCH3 is 2. The van der Waals surface area contributed by atoms with E-state index in [1.165, 1.54) is 23.7 Å². The van der Waals surface area contributed by atoms with E-state index in [1.54, 1.807) is 43.3 Å². The molecule has 0 saturated carbocycles. The van der Waals surface area contributed by atoms with E-state index in [2.05, 4.69) is 0 Å². The molecule has 0 bridgehead atoms. The van der Waals surface area contributed by atoms with Crippen molar-refractivity contribution in [3.63, 3.8) is 0 Å². The van der Waals surface area contributed by atoms with Crippen molar-refractivity contribution in [1.29, 1.82) is 0 Å². The fraction of sp³-hybridized carbons (Fsp3) is 0.308. The predicted octanol–water partition coefficient (Wildman–Crippen LogP) is 3.29. The molecule has 192 valence electrons. The van der Waals surface area contributed by atoms with Crippen LogP contribution in [0.1, 0.15) is 23.3 Å². The molecule has 1 fully saturated rings. The highest BCUT2D eigenvalue weighted by Crippen LogP contribution is 2.54. The number of esters is 1. The number of nitrogens with zero attached hydrogens (tertiary/aromatic N) is 2. The van der Waals surface area contributed by atoms with Crippen molar-refractivity contribution in [2.24, 2.45) is 5.92 Å². The van der Waals surface area contributed by atoms with Crippen molar-refractivity contribution in [3.05, 3.63) is 68.6 Å². The fourth-order valence-corrected chi connectivity index (χ4v) is 7.60. The van der Waals surface area contributed by atoms with Crippen LogP contribution in [-0.2, 0) is 25.7 Å². The Labute approximate surface area is 220 Å². The standard InChI is InChI=1S/C26H24N2O7S2/c1-4-35-18(29)13-27-25-22(37-26(27)32)19(14-10-11-16(33-2)17(12-14)34-3)20-21(36-25)24(31)28(23(20)30)15-8-6-5-7-9-15/h5-12,19-21H,4,13H2,1-3H3/t19-,20-,21+/m0/s1. The largest absolute Gasteiger partial charge is 0.493 e. The van der Waals surface area contributed by atoms with Crippen LogP contribution in [0, 0.1) is 5.92 Å². The number of ether oxygens (including phenoxy) is 3. The summed E-state index contributed by atoms with van der Waals surface area (Å²) in [5.41, 5.74) is 1.20. The molecule has 3 atom stereocenters. The number of carbonyl (C=O) groups excluding carboxylic acids is 3. The van der Waals surface area contributed by atoms with Gasteiger partial charge < -0.3 is 14.2 Å². The summed E-state index contributed by atoms with van der Waals surface area (Å²) in [6.07, 6.45) is 0. The highest BCUT2D eigenvalue weighted by atomic mass is 32.2. The van der Waals surface area contributed by atoms with Crippen LogP contribution in [0.4, 0.5) is 5.69 Å². The summed E-state index contributed by atoms with van der Waals surface area (Å²) in [5.74, 6) is -1.62. The zero-order valence-electron chi connectivity index (χ0n) is 20.3. The Bertz CT molecular complexity index is 1430.